The predicted molar refractivity (Wildman–Crippen MR) is 106 cm³/mol. The van der Waals surface area contributed by atoms with Crippen molar-refractivity contribution in [2.75, 3.05) is 19.7 Å². The topological polar surface area (TPSA) is 105 Å². The van der Waals surface area contributed by atoms with Crippen LogP contribution in [-0.2, 0) is 23.9 Å². The summed E-state index contributed by atoms with van der Waals surface area (Å²) in [5.74, 6) is -2.68. The third kappa shape index (κ3) is 6.08. The number of rotatable bonds is 10. The quantitative estimate of drug-likeness (QED) is 0.481. The molecule has 0 bridgehead atoms. The van der Waals surface area contributed by atoms with Gasteiger partial charge in [-0.3, -0.25) is 23.9 Å². The summed E-state index contributed by atoms with van der Waals surface area (Å²) in [5.41, 5.74) is -0.101. The molecule has 2 aliphatic heterocycles. The van der Waals surface area contributed by atoms with E-state index >= 15 is 0 Å². The van der Waals surface area contributed by atoms with Crippen molar-refractivity contribution in [3.63, 3.8) is 0 Å². The van der Waals surface area contributed by atoms with Gasteiger partial charge in [-0.25, -0.2) is 0 Å². The Bertz CT molecular complexity index is 781. The highest BCUT2D eigenvalue weighted by Crippen LogP contribution is 2.55. The number of Topliss-reactive ketones (excluding diaryl/α,β-unsaturated/α-hetero) is 1. The lowest BCUT2D eigenvalue weighted by Crippen LogP contribution is -2.52. The molecular formula is C21H28F3N3O5. The molecule has 1 saturated carbocycles. The number of halogens is 3. The van der Waals surface area contributed by atoms with Gasteiger partial charge in [-0.2, -0.15) is 0 Å². The van der Waals surface area contributed by atoms with Crippen molar-refractivity contribution in [2.45, 2.75) is 63.4 Å². The van der Waals surface area contributed by atoms with E-state index in [1.54, 1.807) is 6.08 Å². The largest absolute Gasteiger partial charge is 0.522 e. The molecule has 0 unspecified atom stereocenters. The first kappa shape index (κ1) is 24.2. The monoisotopic (exact) mass is 459 g/mol. The molecule has 0 radical (unpaired) electrons. The smallest absolute Gasteiger partial charge is 0.356 e. The Hall–Kier alpha value is -2.43. The molecule has 1 spiro atoms. The standard InChI is InChI=1S/C21H28F3N3O5/c1-2-3-4-17(29)27-12-20(6-7-20)10-15(27)19(31)26-14(9-13-5-8-25-18(13)30)16(28)11-32-21(22,23)24/h2,13-15H,1,3-12H2,(H,25,30)(H,26,31)/t13-,14-,15-/m0/s1. The molecule has 3 fully saturated rings. The lowest BCUT2D eigenvalue weighted by Gasteiger charge is -2.27. The molecule has 178 valence electrons. The predicted octanol–water partition coefficient (Wildman–Crippen LogP) is 1.45. The number of alkyl halides is 3. The van der Waals surface area contributed by atoms with E-state index < -0.39 is 42.7 Å². The number of allylic oxidation sites excluding steroid dienone is 1. The van der Waals surface area contributed by atoms with Gasteiger partial charge in [0.15, 0.2) is 5.78 Å². The molecular weight excluding hydrogens is 431 g/mol. The highest BCUT2D eigenvalue weighted by Gasteiger charge is 2.55. The van der Waals surface area contributed by atoms with E-state index in [2.05, 4.69) is 21.9 Å². The molecule has 2 saturated heterocycles. The van der Waals surface area contributed by atoms with Gasteiger partial charge in [-0.1, -0.05) is 6.08 Å². The SMILES string of the molecule is C=CCCC(=O)N1CC2(CC2)C[C@H]1C(=O)N[C@@H](C[C@@H]1CCNC1=O)C(=O)COC(F)(F)F. The van der Waals surface area contributed by atoms with Crippen molar-refractivity contribution in [2.24, 2.45) is 11.3 Å². The lowest BCUT2D eigenvalue weighted by atomic mass is 9.95. The number of hydrogen-bond acceptors (Lipinski definition) is 5. The Morgan fingerprint density at radius 3 is 2.62 bits per heavy atom. The average molecular weight is 459 g/mol. The second kappa shape index (κ2) is 9.60. The van der Waals surface area contributed by atoms with Gasteiger partial charge < -0.3 is 15.5 Å². The van der Waals surface area contributed by atoms with Crippen LogP contribution in [0.4, 0.5) is 13.2 Å². The van der Waals surface area contributed by atoms with Crippen LogP contribution in [0.2, 0.25) is 0 Å². The zero-order valence-corrected chi connectivity index (χ0v) is 17.7. The summed E-state index contributed by atoms with van der Waals surface area (Å²) in [6.07, 6.45) is -0.195. The van der Waals surface area contributed by atoms with Gasteiger partial charge >= 0.3 is 6.36 Å². The molecule has 0 aromatic rings. The van der Waals surface area contributed by atoms with E-state index in [4.69, 9.17) is 0 Å². The molecule has 3 atom stereocenters. The highest BCUT2D eigenvalue weighted by atomic mass is 19.4. The van der Waals surface area contributed by atoms with Crippen molar-refractivity contribution in [3.8, 4) is 0 Å². The van der Waals surface area contributed by atoms with E-state index in [0.717, 1.165) is 12.8 Å². The molecule has 0 aromatic heterocycles. The van der Waals surface area contributed by atoms with Gasteiger partial charge in [0.1, 0.15) is 12.6 Å². The van der Waals surface area contributed by atoms with Gasteiger partial charge in [0.2, 0.25) is 17.7 Å². The Labute approximate surface area is 183 Å². The minimum atomic E-state index is -4.99. The summed E-state index contributed by atoms with van der Waals surface area (Å²) in [7, 11) is 0. The zero-order chi connectivity index (χ0) is 23.5. The number of carbonyl (C=O) groups excluding carboxylic acids is 4. The minimum Gasteiger partial charge on any atom is -0.356 e. The fourth-order valence-corrected chi connectivity index (χ4v) is 4.41. The van der Waals surface area contributed by atoms with Crippen LogP contribution in [0.25, 0.3) is 0 Å². The molecule has 1 aliphatic carbocycles. The summed E-state index contributed by atoms with van der Waals surface area (Å²) < 4.78 is 40.9. The Morgan fingerprint density at radius 2 is 2.06 bits per heavy atom. The molecule has 11 heteroatoms. The summed E-state index contributed by atoms with van der Waals surface area (Å²) >= 11 is 0. The maximum absolute atomic E-state index is 13.1. The highest BCUT2D eigenvalue weighted by molar-refractivity contribution is 5.94. The zero-order valence-electron chi connectivity index (χ0n) is 17.7. The number of likely N-dealkylation sites (tertiary alicyclic amines) is 1. The van der Waals surface area contributed by atoms with E-state index in [0.29, 0.717) is 32.4 Å². The molecule has 3 aliphatic rings. The molecule has 3 rings (SSSR count). The van der Waals surface area contributed by atoms with Crippen LogP contribution in [0.3, 0.4) is 0 Å². The van der Waals surface area contributed by atoms with Gasteiger partial charge in [0.25, 0.3) is 0 Å². The number of amides is 3. The summed E-state index contributed by atoms with van der Waals surface area (Å²) in [6.45, 7) is 3.17. The van der Waals surface area contributed by atoms with Gasteiger partial charge in [-0.15, -0.1) is 19.8 Å². The minimum absolute atomic E-state index is 0.101. The Morgan fingerprint density at radius 1 is 1.34 bits per heavy atom. The van der Waals surface area contributed by atoms with Crippen LogP contribution in [0, 0.1) is 11.3 Å². The fraction of sp³-hybridized carbons (Fsp3) is 0.714. The summed E-state index contributed by atoms with van der Waals surface area (Å²) in [4.78, 5) is 51.6. The Kier molecular flexibility index (Phi) is 7.26. The number of ketones is 1. The maximum Gasteiger partial charge on any atom is 0.522 e. The van der Waals surface area contributed by atoms with E-state index in [1.807, 2.05) is 0 Å². The molecule has 3 amide bonds. The fourth-order valence-electron chi connectivity index (χ4n) is 4.41. The third-order valence-corrected chi connectivity index (χ3v) is 6.42. The number of hydrogen-bond donors (Lipinski definition) is 2. The lowest BCUT2D eigenvalue weighted by molar-refractivity contribution is -0.321. The maximum atomic E-state index is 13.1. The second-order valence-corrected chi connectivity index (χ2v) is 8.84. The Balaban J connectivity index is 1.70. The molecule has 32 heavy (non-hydrogen) atoms. The number of nitrogens with zero attached hydrogens (tertiary/aromatic N) is 1. The molecule has 2 N–H and O–H groups in total. The van der Waals surface area contributed by atoms with Crippen LogP contribution >= 0.6 is 0 Å². The van der Waals surface area contributed by atoms with E-state index in [9.17, 15) is 32.3 Å². The molecule has 8 nitrogen and oxygen atoms in total. The van der Waals surface area contributed by atoms with Gasteiger partial charge in [0.05, 0.1) is 6.04 Å². The van der Waals surface area contributed by atoms with Gasteiger partial charge in [0, 0.05) is 25.4 Å². The first-order chi connectivity index (χ1) is 15.0. The van der Waals surface area contributed by atoms with Crippen molar-refractivity contribution in [1.82, 2.24) is 15.5 Å². The second-order valence-electron chi connectivity index (χ2n) is 8.84. The first-order valence-corrected chi connectivity index (χ1v) is 10.8. The van der Waals surface area contributed by atoms with Gasteiger partial charge in [-0.05, 0) is 43.9 Å². The van der Waals surface area contributed by atoms with E-state index in [-0.39, 0.29) is 30.1 Å². The summed E-state index contributed by atoms with van der Waals surface area (Å²) in [5, 5.41) is 5.12. The molecule has 2 heterocycles. The number of nitrogens with one attached hydrogen (secondary N) is 2. The molecule has 0 aromatic carbocycles. The van der Waals surface area contributed by atoms with Crippen LogP contribution < -0.4 is 10.6 Å². The van der Waals surface area contributed by atoms with Crippen molar-refractivity contribution in [3.05, 3.63) is 12.7 Å². The van der Waals surface area contributed by atoms with Crippen molar-refractivity contribution < 1.29 is 37.1 Å². The first-order valence-electron chi connectivity index (χ1n) is 10.8. The third-order valence-electron chi connectivity index (χ3n) is 6.42. The van der Waals surface area contributed by atoms with Crippen LogP contribution in [0.1, 0.15) is 44.9 Å². The number of carbonyl (C=O) groups is 4. The summed E-state index contributed by atoms with van der Waals surface area (Å²) in [6, 6.07) is -2.12. The number of ether oxygens (including phenoxy) is 1. The van der Waals surface area contributed by atoms with Crippen LogP contribution in [-0.4, -0.2) is 66.5 Å². The van der Waals surface area contributed by atoms with Crippen LogP contribution in [0.15, 0.2) is 12.7 Å². The van der Waals surface area contributed by atoms with E-state index in [1.165, 1.54) is 4.90 Å². The van der Waals surface area contributed by atoms with Crippen molar-refractivity contribution in [1.29, 1.82) is 0 Å². The van der Waals surface area contributed by atoms with Crippen molar-refractivity contribution >= 4 is 23.5 Å². The normalized spacial score (nSPS) is 24.8. The van der Waals surface area contributed by atoms with Crippen LogP contribution in [0.5, 0.6) is 0 Å². The average Bonchev–Trinajstić information content (AvgIpc) is 3.18.